The van der Waals surface area contributed by atoms with E-state index in [9.17, 15) is 9.59 Å². The first-order valence-corrected chi connectivity index (χ1v) is 6.91. The Morgan fingerprint density at radius 1 is 1.29 bits per heavy atom. The van der Waals surface area contributed by atoms with Gasteiger partial charge in [-0.05, 0) is 33.2 Å². The van der Waals surface area contributed by atoms with Crippen LogP contribution in [0.25, 0.3) is 0 Å². The van der Waals surface area contributed by atoms with Crippen LogP contribution in [-0.4, -0.2) is 48.7 Å². The number of likely N-dealkylation sites (N-methyl/N-ethyl adjacent to an activating group) is 1. The number of benzene rings is 1. The fourth-order valence-corrected chi connectivity index (χ4v) is 1.98. The molecule has 0 radical (unpaired) electrons. The van der Waals surface area contributed by atoms with Gasteiger partial charge in [-0.15, -0.1) is 0 Å². The number of hydrogen-bond acceptors (Lipinski definition) is 3. The van der Waals surface area contributed by atoms with E-state index in [0.29, 0.717) is 6.54 Å². The Kier molecular flexibility index (Phi) is 6.26. The monoisotopic (exact) mass is 333 g/mol. The van der Waals surface area contributed by atoms with Crippen LogP contribution in [0.4, 0.5) is 10.5 Å². The molecule has 1 unspecified atom stereocenters. The van der Waals surface area contributed by atoms with Crippen LogP contribution in [0.3, 0.4) is 0 Å². The molecule has 0 fully saturated rings. The molecule has 0 saturated carbocycles. The van der Waals surface area contributed by atoms with Gasteiger partial charge >= 0.3 is 12.0 Å². The molecular weight excluding hydrogens is 317 g/mol. The molecule has 8 heteroatoms. The molecule has 0 saturated heterocycles. The van der Waals surface area contributed by atoms with Crippen molar-refractivity contribution in [3.05, 3.63) is 27.7 Å². The molecule has 0 aliphatic rings. The van der Waals surface area contributed by atoms with Gasteiger partial charge < -0.3 is 20.6 Å². The van der Waals surface area contributed by atoms with Gasteiger partial charge in [0.15, 0.2) is 0 Å². The van der Waals surface area contributed by atoms with Gasteiger partial charge in [0.1, 0.15) is 0 Å². The minimum Gasteiger partial charge on any atom is -0.478 e. The summed E-state index contributed by atoms with van der Waals surface area (Å²) < 4.78 is 0. The van der Waals surface area contributed by atoms with E-state index in [1.54, 1.807) is 0 Å². The van der Waals surface area contributed by atoms with Crippen molar-refractivity contribution in [1.82, 2.24) is 10.2 Å². The van der Waals surface area contributed by atoms with E-state index in [-0.39, 0.29) is 27.3 Å². The first kappa shape index (κ1) is 17.6. The summed E-state index contributed by atoms with van der Waals surface area (Å²) in [6, 6.07) is 2.16. The molecule has 0 heterocycles. The van der Waals surface area contributed by atoms with E-state index in [1.165, 1.54) is 12.1 Å². The Morgan fingerprint density at radius 3 is 2.24 bits per heavy atom. The molecule has 3 N–H and O–H groups in total. The minimum absolute atomic E-state index is 0.0443. The van der Waals surface area contributed by atoms with Crippen molar-refractivity contribution >= 4 is 40.9 Å². The lowest BCUT2D eigenvalue weighted by atomic mass is 10.2. The highest BCUT2D eigenvalue weighted by Crippen LogP contribution is 2.31. The van der Waals surface area contributed by atoms with Crippen molar-refractivity contribution < 1.29 is 14.7 Å². The molecule has 0 aromatic heterocycles. The Hall–Kier alpha value is -1.50. The van der Waals surface area contributed by atoms with Crippen LogP contribution in [0.1, 0.15) is 17.3 Å². The van der Waals surface area contributed by atoms with Crippen LogP contribution >= 0.6 is 23.2 Å². The summed E-state index contributed by atoms with van der Waals surface area (Å²) in [6.45, 7) is 2.41. The second-order valence-electron chi connectivity index (χ2n) is 4.77. The largest absolute Gasteiger partial charge is 0.478 e. The van der Waals surface area contributed by atoms with Crippen molar-refractivity contribution in [2.45, 2.75) is 13.0 Å². The van der Waals surface area contributed by atoms with E-state index >= 15 is 0 Å². The predicted molar refractivity (Wildman–Crippen MR) is 83.6 cm³/mol. The lowest BCUT2D eigenvalue weighted by Crippen LogP contribution is -2.40. The number of aromatic carboxylic acids is 1. The number of nitrogens with one attached hydrogen (secondary N) is 2. The Balaban J connectivity index is 2.75. The second kappa shape index (κ2) is 7.49. The molecule has 1 atom stereocenters. The molecule has 2 amide bonds. The van der Waals surface area contributed by atoms with E-state index in [4.69, 9.17) is 28.3 Å². The molecule has 0 spiro atoms. The number of rotatable bonds is 5. The van der Waals surface area contributed by atoms with Crippen LogP contribution < -0.4 is 10.6 Å². The van der Waals surface area contributed by atoms with Gasteiger partial charge in [0.2, 0.25) is 0 Å². The first-order chi connectivity index (χ1) is 9.72. The topological polar surface area (TPSA) is 81.7 Å². The SMILES string of the molecule is CC(CNC(=O)Nc1c(Cl)cc(C(=O)O)cc1Cl)N(C)C. The quantitative estimate of drug-likeness (QED) is 0.773. The maximum Gasteiger partial charge on any atom is 0.335 e. The molecule has 0 bridgehead atoms. The summed E-state index contributed by atoms with van der Waals surface area (Å²) in [7, 11) is 3.81. The predicted octanol–water partition coefficient (Wildman–Crippen LogP) is 2.76. The number of hydrogen-bond donors (Lipinski definition) is 3. The van der Waals surface area contributed by atoms with Gasteiger partial charge in [0.25, 0.3) is 0 Å². The van der Waals surface area contributed by atoms with E-state index in [2.05, 4.69) is 10.6 Å². The van der Waals surface area contributed by atoms with Crippen LogP contribution in [0.2, 0.25) is 10.0 Å². The first-order valence-electron chi connectivity index (χ1n) is 6.16. The summed E-state index contributed by atoms with van der Waals surface area (Å²) in [5, 5.41) is 14.2. The highest BCUT2D eigenvalue weighted by molar-refractivity contribution is 6.40. The van der Waals surface area contributed by atoms with E-state index in [0.717, 1.165) is 0 Å². The van der Waals surface area contributed by atoms with Crippen LogP contribution in [-0.2, 0) is 0 Å². The summed E-state index contributed by atoms with van der Waals surface area (Å²) in [6.07, 6.45) is 0. The van der Waals surface area contributed by atoms with Crippen molar-refractivity contribution in [3.63, 3.8) is 0 Å². The molecular formula is C13H17Cl2N3O3. The van der Waals surface area contributed by atoms with Gasteiger partial charge in [0, 0.05) is 12.6 Å². The number of carboxylic acids is 1. The fourth-order valence-electron chi connectivity index (χ4n) is 1.40. The van der Waals surface area contributed by atoms with E-state index < -0.39 is 12.0 Å². The maximum atomic E-state index is 11.8. The molecule has 0 aliphatic heterocycles. The van der Waals surface area contributed by atoms with Gasteiger partial charge in [-0.2, -0.15) is 0 Å². The van der Waals surface area contributed by atoms with Crippen LogP contribution in [0.15, 0.2) is 12.1 Å². The minimum atomic E-state index is -1.14. The Morgan fingerprint density at radius 2 is 1.81 bits per heavy atom. The van der Waals surface area contributed by atoms with Crippen molar-refractivity contribution in [2.24, 2.45) is 0 Å². The zero-order chi connectivity index (χ0) is 16.2. The van der Waals surface area contributed by atoms with Crippen LogP contribution in [0, 0.1) is 0 Å². The number of anilines is 1. The van der Waals surface area contributed by atoms with Crippen molar-refractivity contribution in [2.75, 3.05) is 26.0 Å². The maximum absolute atomic E-state index is 11.8. The highest BCUT2D eigenvalue weighted by atomic mass is 35.5. The second-order valence-corrected chi connectivity index (χ2v) is 5.58. The number of amides is 2. The number of carbonyl (C=O) groups is 2. The van der Waals surface area contributed by atoms with E-state index in [1.807, 2.05) is 25.9 Å². The van der Waals surface area contributed by atoms with Gasteiger partial charge in [-0.25, -0.2) is 9.59 Å². The third kappa shape index (κ3) is 5.08. The van der Waals surface area contributed by atoms with Gasteiger partial charge in [-0.1, -0.05) is 23.2 Å². The number of carbonyl (C=O) groups excluding carboxylic acids is 1. The smallest absolute Gasteiger partial charge is 0.335 e. The third-order valence-electron chi connectivity index (χ3n) is 2.97. The summed E-state index contributed by atoms with van der Waals surface area (Å²) in [4.78, 5) is 24.6. The molecule has 0 aliphatic carbocycles. The third-order valence-corrected chi connectivity index (χ3v) is 3.56. The normalized spacial score (nSPS) is 12.1. The zero-order valence-electron chi connectivity index (χ0n) is 11.9. The molecule has 1 rings (SSSR count). The summed E-state index contributed by atoms with van der Waals surface area (Å²) in [5.74, 6) is -1.14. The van der Waals surface area contributed by atoms with Crippen LogP contribution in [0.5, 0.6) is 0 Å². The number of halogens is 2. The van der Waals surface area contributed by atoms with Crippen molar-refractivity contribution in [3.8, 4) is 0 Å². The molecule has 116 valence electrons. The number of carboxylic acid groups (broad SMARTS) is 1. The summed E-state index contributed by atoms with van der Waals surface area (Å²) >= 11 is 11.9. The van der Waals surface area contributed by atoms with Crippen molar-refractivity contribution in [1.29, 1.82) is 0 Å². The summed E-state index contributed by atoms with van der Waals surface area (Å²) in [5.41, 5.74) is 0.135. The average molecular weight is 334 g/mol. The molecule has 21 heavy (non-hydrogen) atoms. The fraction of sp³-hybridized carbons (Fsp3) is 0.385. The molecule has 6 nitrogen and oxygen atoms in total. The standard InChI is InChI=1S/C13H17Cl2N3O3/c1-7(18(2)3)6-16-13(21)17-11-9(14)4-8(12(19)20)5-10(11)15/h4-5,7H,6H2,1-3H3,(H,19,20)(H2,16,17,21). The number of nitrogens with zero attached hydrogens (tertiary/aromatic N) is 1. The molecule has 1 aromatic carbocycles. The van der Waals surface area contributed by atoms with Gasteiger partial charge in [-0.3, -0.25) is 0 Å². The average Bonchev–Trinajstić information content (AvgIpc) is 2.39. The Bertz CT molecular complexity index is 526. The zero-order valence-corrected chi connectivity index (χ0v) is 13.4. The van der Waals surface area contributed by atoms with Gasteiger partial charge in [0.05, 0.1) is 21.3 Å². The molecule has 1 aromatic rings. The lowest BCUT2D eigenvalue weighted by Gasteiger charge is -2.20. The lowest BCUT2D eigenvalue weighted by molar-refractivity contribution is 0.0697. The number of urea groups is 1. The highest BCUT2D eigenvalue weighted by Gasteiger charge is 2.15. The Labute approximate surface area is 133 Å².